The number of unbranched alkanes of at least 4 members (excludes halogenated alkanes) is 5. The van der Waals surface area contributed by atoms with Crippen LogP contribution in [0.4, 0.5) is 0 Å². The zero-order valence-corrected chi connectivity index (χ0v) is 13.9. The first-order valence-electron chi connectivity index (χ1n) is 8.34. The summed E-state index contributed by atoms with van der Waals surface area (Å²) in [7, 11) is 1.66. The van der Waals surface area contributed by atoms with Gasteiger partial charge in [0.05, 0.1) is 32.5 Å². The molecule has 0 amide bonds. The monoisotopic (exact) mass is 305 g/mol. The molecule has 0 aliphatic rings. The summed E-state index contributed by atoms with van der Waals surface area (Å²) >= 11 is 0. The minimum atomic E-state index is -0.441. The van der Waals surface area contributed by atoms with E-state index in [4.69, 9.17) is 14.2 Å². The van der Waals surface area contributed by atoms with E-state index in [2.05, 4.69) is 12.2 Å². The zero-order chi connectivity index (χ0) is 15.6. The lowest BCUT2D eigenvalue weighted by Crippen LogP contribution is -2.32. The highest BCUT2D eigenvalue weighted by Gasteiger charge is 2.03. The van der Waals surface area contributed by atoms with Gasteiger partial charge in [0, 0.05) is 26.8 Å². The van der Waals surface area contributed by atoms with Gasteiger partial charge in [0.15, 0.2) is 0 Å². The van der Waals surface area contributed by atoms with Crippen molar-refractivity contribution in [3.05, 3.63) is 0 Å². The number of ether oxygens (including phenoxy) is 3. The Hall–Kier alpha value is -0.200. The Morgan fingerprint density at radius 3 is 2.43 bits per heavy atom. The average molecular weight is 305 g/mol. The molecule has 0 saturated heterocycles. The van der Waals surface area contributed by atoms with E-state index in [1.807, 2.05) is 0 Å². The van der Waals surface area contributed by atoms with E-state index in [1.165, 1.54) is 32.1 Å². The van der Waals surface area contributed by atoms with Gasteiger partial charge in [-0.15, -0.1) is 0 Å². The van der Waals surface area contributed by atoms with Gasteiger partial charge >= 0.3 is 0 Å². The molecule has 0 aliphatic carbocycles. The van der Waals surface area contributed by atoms with Crippen molar-refractivity contribution < 1.29 is 19.3 Å². The Morgan fingerprint density at radius 2 is 1.67 bits per heavy atom. The molecule has 0 aromatic heterocycles. The second kappa shape index (κ2) is 17.9. The second-order valence-corrected chi connectivity index (χ2v) is 5.31. The number of rotatable bonds is 17. The van der Waals surface area contributed by atoms with E-state index in [-0.39, 0.29) is 0 Å². The van der Waals surface area contributed by atoms with Gasteiger partial charge in [-0.1, -0.05) is 39.0 Å². The smallest absolute Gasteiger partial charge is 0.0897 e. The molecule has 0 rings (SSSR count). The molecular weight excluding hydrogens is 270 g/mol. The van der Waals surface area contributed by atoms with E-state index in [9.17, 15) is 5.11 Å². The molecule has 0 aliphatic heterocycles. The maximum Gasteiger partial charge on any atom is 0.0897 e. The van der Waals surface area contributed by atoms with Crippen molar-refractivity contribution in [2.45, 2.75) is 51.6 Å². The Balaban J connectivity index is 3.11. The van der Waals surface area contributed by atoms with Gasteiger partial charge in [0.1, 0.15) is 0 Å². The van der Waals surface area contributed by atoms with E-state index in [0.29, 0.717) is 33.0 Å². The summed E-state index contributed by atoms with van der Waals surface area (Å²) in [5.41, 5.74) is 0. The van der Waals surface area contributed by atoms with Crippen molar-refractivity contribution in [3.8, 4) is 0 Å². The van der Waals surface area contributed by atoms with Crippen LogP contribution in [-0.2, 0) is 14.2 Å². The molecule has 128 valence electrons. The third-order valence-electron chi connectivity index (χ3n) is 3.19. The summed E-state index contributed by atoms with van der Waals surface area (Å²) in [5.74, 6) is 0. The lowest BCUT2D eigenvalue weighted by atomic mass is 10.1. The van der Waals surface area contributed by atoms with Crippen molar-refractivity contribution in [1.29, 1.82) is 0 Å². The van der Waals surface area contributed by atoms with Gasteiger partial charge in [-0.2, -0.15) is 0 Å². The first-order valence-corrected chi connectivity index (χ1v) is 8.34. The summed E-state index contributed by atoms with van der Waals surface area (Å²) in [6, 6.07) is 0. The number of methoxy groups -OCH3 is 1. The van der Waals surface area contributed by atoms with Crippen molar-refractivity contribution in [1.82, 2.24) is 5.32 Å². The molecule has 21 heavy (non-hydrogen) atoms. The summed E-state index contributed by atoms with van der Waals surface area (Å²) in [6.45, 7) is 6.54. The number of aliphatic hydroxyl groups is 1. The molecule has 5 nitrogen and oxygen atoms in total. The molecule has 1 unspecified atom stereocenters. The number of hydrogen-bond acceptors (Lipinski definition) is 5. The van der Waals surface area contributed by atoms with Crippen molar-refractivity contribution >= 4 is 0 Å². The number of hydrogen-bond donors (Lipinski definition) is 2. The second-order valence-electron chi connectivity index (χ2n) is 5.31. The topological polar surface area (TPSA) is 60.0 Å². The van der Waals surface area contributed by atoms with Crippen LogP contribution >= 0.6 is 0 Å². The van der Waals surface area contributed by atoms with Crippen LogP contribution in [0, 0.1) is 0 Å². The lowest BCUT2D eigenvalue weighted by molar-refractivity contribution is 0.0330. The molecule has 0 aromatic rings. The fourth-order valence-corrected chi connectivity index (χ4v) is 1.92. The Morgan fingerprint density at radius 1 is 0.905 bits per heavy atom. The van der Waals surface area contributed by atoms with E-state index in [0.717, 1.165) is 19.6 Å². The highest BCUT2D eigenvalue weighted by atomic mass is 16.5. The van der Waals surface area contributed by atoms with E-state index >= 15 is 0 Å². The molecule has 5 heteroatoms. The third kappa shape index (κ3) is 17.7. The maximum absolute atomic E-state index is 9.71. The molecule has 0 heterocycles. The fourth-order valence-electron chi connectivity index (χ4n) is 1.92. The number of aliphatic hydroxyl groups excluding tert-OH is 1. The number of nitrogens with one attached hydrogen (secondary N) is 1. The van der Waals surface area contributed by atoms with Crippen LogP contribution in [0.1, 0.15) is 45.4 Å². The largest absolute Gasteiger partial charge is 0.389 e. The Kier molecular flexibility index (Phi) is 17.7. The molecule has 0 aromatic carbocycles. The summed E-state index contributed by atoms with van der Waals surface area (Å²) < 4.78 is 15.7. The third-order valence-corrected chi connectivity index (χ3v) is 3.19. The van der Waals surface area contributed by atoms with Crippen LogP contribution in [0.5, 0.6) is 0 Å². The molecular formula is C16H35NO4. The van der Waals surface area contributed by atoms with Gasteiger partial charge in [0.25, 0.3) is 0 Å². The van der Waals surface area contributed by atoms with Gasteiger partial charge in [0.2, 0.25) is 0 Å². The van der Waals surface area contributed by atoms with Crippen LogP contribution in [0.25, 0.3) is 0 Å². The fraction of sp³-hybridized carbons (Fsp3) is 1.00. The normalized spacial score (nSPS) is 12.7. The van der Waals surface area contributed by atoms with Crippen LogP contribution in [0.15, 0.2) is 0 Å². The van der Waals surface area contributed by atoms with Gasteiger partial charge in [-0.25, -0.2) is 0 Å². The summed E-state index contributed by atoms with van der Waals surface area (Å²) in [4.78, 5) is 0. The average Bonchev–Trinajstić information content (AvgIpc) is 2.49. The SMILES string of the molecule is CCCCCCCCOCC(O)CNCCOCCOC. The van der Waals surface area contributed by atoms with Gasteiger partial charge < -0.3 is 24.6 Å². The van der Waals surface area contributed by atoms with Crippen LogP contribution in [-0.4, -0.2) is 64.4 Å². The molecule has 0 saturated carbocycles. The van der Waals surface area contributed by atoms with Crippen molar-refractivity contribution in [3.63, 3.8) is 0 Å². The molecule has 0 bridgehead atoms. The zero-order valence-electron chi connectivity index (χ0n) is 13.9. The molecule has 2 N–H and O–H groups in total. The van der Waals surface area contributed by atoms with Crippen molar-refractivity contribution in [2.24, 2.45) is 0 Å². The Labute approximate surface area is 130 Å². The minimum Gasteiger partial charge on any atom is -0.389 e. The molecule has 0 fully saturated rings. The van der Waals surface area contributed by atoms with Crippen molar-refractivity contribution in [2.75, 3.05) is 53.2 Å². The lowest BCUT2D eigenvalue weighted by Gasteiger charge is -2.12. The highest BCUT2D eigenvalue weighted by Crippen LogP contribution is 2.04. The summed E-state index contributed by atoms with van der Waals surface area (Å²) in [6.07, 6.45) is 7.13. The van der Waals surface area contributed by atoms with Crippen LogP contribution in [0.3, 0.4) is 0 Å². The van der Waals surface area contributed by atoms with E-state index < -0.39 is 6.10 Å². The predicted octanol–water partition coefficient (Wildman–Crippen LogP) is 1.98. The van der Waals surface area contributed by atoms with Crippen LogP contribution < -0.4 is 5.32 Å². The van der Waals surface area contributed by atoms with E-state index in [1.54, 1.807) is 7.11 Å². The first kappa shape index (κ1) is 20.8. The minimum absolute atomic E-state index is 0.409. The summed E-state index contributed by atoms with van der Waals surface area (Å²) in [5, 5.41) is 12.9. The molecule has 0 spiro atoms. The Bertz CT molecular complexity index is 193. The van der Waals surface area contributed by atoms with Gasteiger partial charge in [-0.3, -0.25) is 0 Å². The predicted molar refractivity (Wildman–Crippen MR) is 85.8 cm³/mol. The quantitative estimate of drug-likeness (QED) is 0.402. The highest BCUT2D eigenvalue weighted by molar-refractivity contribution is 4.58. The maximum atomic E-state index is 9.71. The molecule has 1 atom stereocenters. The standard InChI is InChI=1S/C16H35NO4/c1-3-4-5-6-7-8-10-21-15-16(18)14-17-9-11-20-13-12-19-2/h16-18H,3-15H2,1-2H3. The van der Waals surface area contributed by atoms with Gasteiger partial charge in [-0.05, 0) is 6.42 Å². The van der Waals surface area contributed by atoms with Crippen LogP contribution in [0.2, 0.25) is 0 Å². The molecule has 0 radical (unpaired) electrons. The first-order chi connectivity index (χ1) is 10.3.